The first kappa shape index (κ1) is 29.5. The van der Waals surface area contributed by atoms with Gasteiger partial charge in [0.15, 0.2) is 5.60 Å². The van der Waals surface area contributed by atoms with E-state index in [1.54, 1.807) is 19.9 Å². The number of aromatic nitrogens is 1. The molecule has 1 fully saturated rings. The second kappa shape index (κ2) is 12.2. The molecule has 1 aliphatic heterocycles. The quantitative estimate of drug-likeness (QED) is 0.409. The summed E-state index contributed by atoms with van der Waals surface area (Å²) in [5, 5.41) is 4.83. The van der Waals surface area contributed by atoms with Crippen LogP contribution in [0.5, 0.6) is 5.75 Å². The van der Waals surface area contributed by atoms with Crippen LogP contribution in [0.1, 0.15) is 56.8 Å². The fourth-order valence-electron chi connectivity index (χ4n) is 4.30. The van der Waals surface area contributed by atoms with Gasteiger partial charge in [0.25, 0.3) is 11.8 Å². The normalized spacial score (nSPS) is 18.2. The number of rotatable bonds is 9. The van der Waals surface area contributed by atoms with Crippen LogP contribution in [0, 0.1) is 5.82 Å². The largest absolute Gasteiger partial charge is 0.478 e. The topological polar surface area (TPSA) is 83.6 Å². The van der Waals surface area contributed by atoms with Crippen molar-refractivity contribution in [3.05, 3.63) is 52.9 Å². The highest BCUT2D eigenvalue weighted by atomic mass is 35.5. The molecule has 2 amide bonds. The Hall–Kier alpha value is -3.08. The molecule has 2 heterocycles. The Bertz CT molecular complexity index is 1130. The number of carbonyl (C=O) groups excluding carboxylic acids is 2. The van der Waals surface area contributed by atoms with Gasteiger partial charge in [0, 0.05) is 30.9 Å². The lowest BCUT2D eigenvalue weighted by atomic mass is 9.93. The van der Waals surface area contributed by atoms with Crippen LogP contribution in [-0.2, 0) is 4.79 Å². The molecule has 2 N–H and O–H groups in total. The van der Waals surface area contributed by atoms with E-state index in [2.05, 4.69) is 15.2 Å². The van der Waals surface area contributed by atoms with E-state index in [-0.39, 0.29) is 34.3 Å². The Morgan fingerprint density at radius 3 is 2.55 bits per heavy atom. The minimum Gasteiger partial charge on any atom is -0.478 e. The van der Waals surface area contributed by atoms with E-state index in [0.717, 1.165) is 18.9 Å². The summed E-state index contributed by atoms with van der Waals surface area (Å²) >= 11 is 5.71. The fraction of sp³-hybridized carbons (Fsp3) is 0.500. The molecule has 1 aliphatic rings. The number of hydrogen-bond acceptors (Lipinski definition) is 5. The Morgan fingerprint density at radius 2 is 1.95 bits per heavy atom. The van der Waals surface area contributed by atoms with Crippen molar-refractivity contribution < 1.29 is 31.9 Å². The highest BCUT2D eigenvalue weighted by molar-refractivity contribution is 6.30. The molecule has 2 aromatic rings. The molecule has 1 aromatic heterocycles. The van der Waals surface area contributed by atoms with E-state index < -0.39 is 30.0 Å². The highest BCUT2D eigenvalue weighted by Gasteiger charge is 2.35. The number of alkyl halides is 3. The Balaban J connectivity index is 1.62. The van der Waals surface area contributed by atoms with Crippen LogP contribution in [0.25, 0.3) is 0 Å². The third-order valence-corrected chi connectivity index (χ3v) is 6.54. The smallest absolute Gasteiger partial charge is 0.405 e. The lowest BCUT2D eigenvalue weighted by molar-refractivity contribution is -0.135. The molecule has 12 heteroatoms. The molecular formula is C26H31ClF4N4O3. The van der Waals surface area contributed by atoms with E-state index in [1.165, 1.54) is 24.4 Å². The van der Waals surface area contributed by atoms with Crippen LogP contribution >= 0.6 is 11.6 Å². The van der Waals surface area contributed by atoms with Crippen LogP contribution in [-0.4, -0.2) is 53.7 Å². The molecule has 0 aliphatic carbocycles. The maximum Gasteiger partial charge on any atom is 0.405 e. The molecule has 1 aromatic carbocycles. The predicted octanol–water partition coefficient (Wildman–Crippen LogP) is 5.28. The van der Waals surface area contributed by atoms with Gasteiger partial charge >= 0.3 is 6.18 Å². The second-order valence-corrected chi connectivity index (χ2v) is 10.1. The number of hydrogen-bond donors (Lipinski definition) is 2. The van der Waals surface area contributed by atoms with Crippen molar-refractivity contribution in [2.75, 3.05) is 18.0 Å². The molecule has 2 atom stereocenters. The zero-order valence-corrected chi connectivity index (χ0v) is 22.1. The SMILES string of the molecule is CCCC1CC(NC(=O)C(C)(C)Oc2ccc(Cl)c(F)c2)CCN1c1ccc(C(=O)NCC(F)(F)F)cn1. The summed E-state index contributed by atoms with van der Waals surface area (Å²) in [5.74, 6) is -1.03. The predicted molar refractivity (Wildman–Crippen MR) is 136 cm³/mol. The monoisotopic (exact) mass is 558 g/mol. The maximum atomic E-state index is 13.8. The molecule has 7 nitrogen and oxygen atoms in total. The van der Waals surface area contributed by atoms with Gasteiger partial charge in [0.2, 0.25) is 0 Å². The average Bonchev–Trinajstić information content (AvgIpc) is 2.85. The highest BCUT2D eigenvalue weighted by Crippen LogP contribution is 2.28. The van der Waals surface area contributed by atoms with E-state index in [4.69, 9.17) is 16.3 Å². The summed E-state index contributed by atoms with van der Waals surface area (Å²) in [6.07, 6.45) is -0.265. The maximum absolute atomic E-state index is 13.8. The fourth-order valence-corrected chi connectivity index (χ4v) is 4.42. The number of halogens is 5. The van der Waals surface area contributed by atoms with Gasteiger partial charge in [-0.05, 0) is 57.4 Å². The summed E-state index contributed by atoms with van der Waals surface area (Å²) < 4.78 is 56.6. The summed E-state index contributed by atoms with van der Waals surface area (Å²) in [6, 6.07) is 6.97. The Labute approximate surface area is 223 Å². The van der Waals surface area contributed by atoms with E-state index in [9.17, 15) is 27.2 Å². The molecule has 38 heavy (non-hydrogen) atoms. The third-order valence-electron chi connectivity index (χ3n) is 6.24. The number of benzene rings is 1. The number of ether oxygens (including phenoxy) is 1. The molecule has 0 spiro atoms. The molecule has 0 radical (unpaired) electrons. The Kier molecular flexibility index (Phi) is 9.45. The van der Waals surface area contributed by atoms with Crippen molar-refractivity contribution in [3.8, 4) is 5.75 Å². The Morgan fingerprint density at radius 1 is 1.21 bits per heavy atom. The summed E-state index contributed by atoms with van der Waals surface area (Å²) in [4.78, 5) is 31.4. The first-order valence-electron chi connectivity index (χ1n) is 12.3. The van der Waals surface area contributed by atoms with Gasteiger partial charge in [0.1, 0.15) is 23.9 Å². The van der Waals surface area contributed by atoms with Crippen LogP contribution in [0.2, 0.25) is 5.02 Å². The minimum atomic E-state index is -4.49. The number of anilines is 1. The molecular weight excluding hydrogens is 528 g/mol. The van der Waals surface area contributed by atoms with E-state index in [1.807, 2.05) is 12.2 Å². The number of nitrogens with zero attached hydrogens (tertiary/aromatic N) is 2. The number of nitrogens with one attached hydrogen (secondary N) is 2. The van der Waals surface area contributed by atoms with E-state index in [0.29, 0.717) is 25.2 Å². The summed E-state index contributed by atoms with van der Waals surface area (Å²) in [6.45, 7) is 4.41. The number of piperidine rings is 1. The van der Waals surface area contributed by atoms with E-state index >= 15 is 0 Å². The third kappa shape index (κ3) is 7.96. The second-order valence-electron chi connectivity index (χ2n) is 9.72. The van der Waals surface area contributed by atoms with Gasteiger partial charge in [-0.25, -0.2) is 9.37 Å². The lowest BCUT2D eigenvalue weighted by Crippen LogP contribution is -2.55. The summed E-state index contributed by atoms with van der Waals surface area (Å²) in [5.41, 5.74) is -1.23. The zero-order valence-electron chi connectivity index (χ0n) is 21.4. The van der Waals surface area contributed by atoms with Gasteiger partial charge in [-0.1, -0.05) is 24.9 Å². The molecule has 1 saturated heterocycles. The van der Waals surface area contributed by atoms with Gasteiger partial charge < -0.3 is 20.3 Å². The molecule has 208 valence electrons. The number of pyridine rings is 1. The lowest BCUT2D eigenvalue weighted by Gasteiger charge is -2.41. The molecule has 2 unspecified atom stereocenters. The van der Waals surface area contributed by atoms with Crippen molar-refractivity contribution in [1.29, 1.82) is 0 Å². The van der Waals surface area contributed by atoms with Crippen molar-refractivity contribution >= 4 is 29.2 Å². The molecule has 3 rings (SSSR count). The van der Waals surface area contributed by atoms with Gasteiger partial charge in [-0.3, -0.25) is 9.59 Å². The number of carbonyl (C=O) groups is 2. The van der Waals surface area contributed by atoms with Crippen molar-refractivity contribution in [3.63, 3.8) is 0 Å². The average molecular weight is 559 g/mol. The first-order valence-corrected chi connectivity index (χ1v) is 12.7. The van der Waals surface area contributed by atoms with Gasteiger partial charge in [-0.2, -0.15) is 13.2 Å². The summed E-state index contributed by atoms with van der Waals surface area (Å²) in [7, 11) is 0. The van der Waals surface area contributed by atoms with Crippen molar-refractivity contribution in [1.82, 2.24) is 15.6 Å². The van der Waals surface area contributed by atoms with Crippen LogP contribution in [0.3, 0.4) is 0 Å². The standard InChI is InChI=1S/C26H31ClF4N4O3/c1-4-5-18-12-17(34-24(37)25(2,3)38-19-7-8-20(27)21(28)13-19)10-11-35(18)22-9-6-16(14-32-22)23(36)33-15-26(29,30)31/h6-9,13-14,17-18H,4-5,10-12,15H2,1-3H3,(H,33,36)(H,34,37). The minimum absolute atomic E-state index is 0.0370. The molecule has 0 saturated carbocycles. The van der Waals surface area contributed by atoms with Crippen molar-refractivity contribution in [2.45, 2.75) is 70.3 Å². The van der Waals surface area contributed by atoms with Crippen molar-refractivity contribution in [2.24, 2.45) is 0 Å². The van der Waals surface area contributed by atoms with Gasteiger partial charge in [-0.15, -0.1) is 0 Å². The molecule has 0 bridgehead atoms. The zero-order chi connectivity index (χ0) is 28.1. The number of amides is 2. The van der Waals surface area contributed by atoms with Crippen LogP contribution in [0.15, 0.2) is 36.5 Å². The van der Waals surface area contributed by atoms with Crippen LogP contribution in [0.4, 0.5) is 23.4 Å². The van der Waals surface area contributed by atoms with Crippen LogP contribution < -0.4 is 20.3 Å². The first-order chi connectivity index (χ1) is 17.8. The van der Waals surface area contributed by atoms with Gasteiger partial charge in [0.05, 0.1) is 10.6 Å².